The second-order valence-corrected chi connectivity index (χ2v) is 6.88. The highest BCUT2D eigenvalue weighted by Crippen LogP contribution is 2.36. The van der Waals surface area contributed by atoms with E-state index in [0.717, 1.165) is 26.3 Å². The summed E-state index contributed by atoms with van der Waals surface area (Å²) >= 11 is 1.67. The van der Waals surface area contributed by atoms with Crippen LogP contribution in [0.3, 0.4) is 0 Å². The first kappa shape index (κ1) is 16.4. The summed E-state index contributed by atoms with van der Waals surface area (Å²) in [6.45, 7) is 0. The molecule has 4 aromatic rings. The summed E-state index contributed by atoms with van der Waals surface area (Å²) in [5.74, 6) is 1.04. The molecule has 0 saturated carbocycles. The number of methoxy groups -OCH3 is 1. The van der Waals surface area contributed by atoms with Gasteiger partial charge in [0, 0.05) is 9.58 Å². The van der Waals surface area contributed by atoms with Gasteiger partial charge in [-0.2, -0.15) is 0 Å². The van der Waals surface area contributed by atoms with E-state index in [0.29, 0.717) is 11.3 Å². The van der Waals surface area contributed by atoms with Gasteiger partial charge in [-0.25, -0.2) is 4.79 Å². The van der Waals surface area contributed by atoms with Crippen LogP contribution >= 0.6 is 11.3 Å². The number of benzene rings is 3. The third kappa shape index (κ3) is 3.32. The zero-order chi connectivity index (χ0) is 17.9. The van der Waals surface area contributed by atoms with E-state index in [9.17, 15) is 4.79 Å². The largest absolute Gasteiger partial charge is 0.497 e. The molecule has 0 N–H and O–H groups in total. The molecule has 0 spiro atoms. The van der Waals surface area contributed by atoms with Crippen molar-refractivity contribution < 1.29 is 14.3 Å². The van der Waals surface area contributed by atoms with Gasteiger partial charge in [-0.3, -0.25) is 0 Å². The fraction of sp³-hybridized carbons (Fsp3) is 0.0455. The number of hydrogen-bond donors (Lipinski definition) is 0. The van der Waals surface area contributed by atoms with Crippen LogP contribution in [-0.2, 0) is 0 Å². The number of carbonyl (C=O) groups excluding carboxylic acids is 1. The zero-order valence-corrected chi connectivity index (χ0v) is 15.0. The summed E-state index contributed by atoms with van der Waals surface area (Å²) in [4.78, 5) is 13.4. The Hall–Kier alpha value is -3.11. The number of carbonyl (C=O) groups is 1. The second kappa shape index (κ2) is 7.02. The van der Waals surface area contributed by atoms with Crippen LogP contribution in [0.15, 0.2) is 78.9 Å². The Morgan fingerprint density at radius 3 is 2.31 bits per heavy atom. The standard InChI is InChI=1S/C22H16O3S/c1-24-18-10-7-15(8-11-18)20-13-17-9-12-19(14-21(17)26-20)25-22(23)16-5-3-2-4-6-16/h2-14H,1H3. The van der Waals surface area contributed by atoms with Crippen LogP contribution in [0, 0.1) is 0 Å². The fourth-order valence-corrected chi connectivity index (χ4v) is 3.81. The highest BCUT2D eigenvalue weighted by atomic mass is 32.1. The van der Waals surface area contributed by atoms with Gasteiger partial charge in [0.2, 0.25) is 0 Å². The molecule has 0 atom stereocenters. The van der Waals surface area contributed by atoms with Crippen LogP contribution in [0.25, 0.3) is 20.5 Å². The quantitative estimate of drug-likeness (QED) is 0.341. The molecule has 4 heteroatoms. The lowest BCUT2D eigenvalue weighted by atomic mass is 10.1. The molecule has 0 bridgehead atoms. The second-order valence-electron chi connectivity index (χ2n) is 5.79. The van der Waals surface area contributed by atoms with Crippen LogP contribution in [0.2, 0.25) is 0 Å². The number of fused-ring (bicyclic) bond motifs is 1. The van der Waals surface area contributed by atoms with Crippen molar-refractivity contribution in [1.29, 1.82) is 0 Å². The topological polar surface area (TPSA) is 35.5 Å². The van der Waals surface area contributed by atoms with Crippen LogP contribution < -0.4 is 9.47 Å². The van der Waals surface area contributed by atoms with Crippen molar-refractivity contribution in [3.8, 4) is 21.9 Å². The van der Waals surface area contributed by atoms with Crippen LogP contribution in [0.5, 0.6) is 11.5 Å². The average Bonchev–Trinajstić information content (AvgIpc) is 3.12. The Bertz CT molecular complexity index is 1050. The third-order valence-electron chi connectivity index (χ3n) is 4.09. The summed E-state index contributed by atoms with van der Waals surface area (Å²) in [6, 6.07) is 24.8. The summed E-state index contributed by atoms with van der Waals surface area (Å²) < 4.78 is 11.8. The van der Waals surface area contributed by atoms with E-state index in [2.05, 4.69) is 6.07 Å². The molecule has 4 rings (SSSR count). The van der Waals surface area contributed by atoms with E-state index in [4.69, 9.17) is 9.47 Å². The van der Waals surface area contributed by atoms with E-state index in [1.54, 1.807) is 30.6 Å². The van der Waals surface area contributed by atoms with Gasteiger partial charge < -0.3 is 9.47 Å². The van der Waals surface area contributed by atoms with Crippen LogP contribution in [-0.4, -0.2) is 13.1 Å². The monoisotopic (exact) mass is 360 g/mol. The molecule has 0 aliphatic carbocycles. The molecule has 1 aromatic heterocycles. The van der Waals surface area contributed by atoms with Gasteiger partial charge in [0.05, 0.1) is 12.7 Å². The van der Waals surface area contributed by atoms with E-state index in [-0.39, 0.29) is 5.97 Å². The number of thiophene rings is 1. The Morgan fingerprint density at radius 1 is 0.846 bits per heavy atom. The smallest absolute Gasteiger partial charge is 0.343 e. The number of ether oxygens (including phenoxy) is 2. The fourth-order valence-electron chi connectivity index (χ4n) is 2.71. The van der Waals surface area contributed by atoms with Crippen molar-refractivity contribution in [2.75, 3.05) is 7.11 Å². The Balaban J connectivity index is 1.60. The Labute approximate surface area is 155 Å². The molecule has 0 aliphatic rings. The lowest BCUT2D eigenvalue weighted by molar-refractivity contribution is 0.0735. The molecule has 3 aromatic carbocycles. The van der Waals surface area contributed by atoms with Crippen molar-refractivity contribution >= 4 is 27.4 Å². The summed E-state index contributed by atoms with van der Waals surface area (Å²) in [5.41, 5.74) is 1.67. The normalized spacial score (nSPS) is 10.7. The minimum Gasteiger partial charge on any atom is -0.497 e. The lowest BCUT2D eigenvalue weighted by Crippen LogP contribution is -2.07. The molecule has 128 valence electrons. The Kier molecular flexibility index (Phi) is 4.42. The Morgan fingerprint density at radius 2 is 1.58 bits per heavy atom. The van der Waals surface area contributed by atoms with Gasteiger partial charge in [-0.05, 0) is 71.6 Å². The average molecular weight is 360 g/mol. The van der Waals surface area contributed by atoms with Crippen LogP contribution in [0.4, 0.5) is 0 Å². The van der Waals surface area contributed by atoms with Gasteiger partial charge in [0.25, 0.3) is 0 Å². The van der Waals surface area contributed by atoms with E-state index in [1.165, 1.54) is 0 Å². The van der Waals surface area contributed by atoms with Crippen LogP contribution in [0.1, 0.15) is 10.4 Å². The molecular weight excluding hydrogens is 344 g/mol. The van der Waals surface area contributed by atoms with E-state index in [1.807, 2.05) is 60.7 Å². The SMILES string of the molecule is COc1ccc(-c2cc3ccc(OC(=O)c4ccccc4)cc3s2)cc1. The van der Waals surface area contributed by atoms with Gasteiger partial charge in [-0.1, -0.05) is 18.2 Å². The first-order chi connectivity index (χ1) is 12.7. The third-order valence-corrected chi connectivity index (χ3v) is 5.23. The molecule has 0 saturated heterocycles. The molecule has 0 amide bonds. The van der Waals surface area contributed by atoms with Gasteiger partial charge >= 0.3 is 5.97 Å². The van der Waals surface area contributed by atoms with Crippen molar-refractivity contribution in [3.63, 3.8) is 0 Å². The number of rotatable bonds is 4. The highest BCUT2D eigenvalue weighted by molar-refractivity contribution is 7.22. The van der Waals surface area contributed by atoms with Gasteiger partial charge in [-0.15, -0.1) is 11.3 Å². The number of hydrogen-bond acceptors (Lipinski definition) is 4. The maximum atomic E-state index is 12.2. The van der Waals surface area contributed by atoms with Gasteiger partial charge in [0.1, 0.15) is 11.5 Å². The summed E-state index contributed by atoms with van der Waals surface area (Å²) in [7, 11) is 1.66. The molecule has 0 aliphatic heterocycles. The lowest BCUT2D eigenvalue weighted by Gasteiger charge is -2.04. The molecular formula is C22H16O3S. The van der Waals surface area contributed by atoms with Crippen molar-refractivity contribution in [1.82, 2.24) is 0 Å². The summed E-state index contributed by atoms with van der Waals surface area (Å²) in [5, 5.41) is 1.13. The van der Waals surface area contributed by atoms with E-state index >= 15 is 0 Å². The highest BCUT2D eigenvalue weighted by Gasteiger charge is 2.10. The number of esters is 1. The molecule has 3 nitrogen and oxygen atoms in total. The molecule has 0 fully saturated rings. The predicted octanol–water partition coefficient (Wildman–Crippen LogP) is 5.80. The van der Waals surface area contributed by atoms with Crippen molar-refractivity contribution in [3.05, 3.63) is 84.4 Å². The first-order valence-corrected chi connectivity index (χ1v) is 9.00. The molecule has 0 unspecified atom stereocenters. The maximum absolute atomic E-state index is 12.2. The summed E-state index contributed by atoms with van der Waals surface area (Å²) in [6.07, 6.45) is 0. The van der Waals surface area contributed by atoms with Crippen molar-refractivity contribution in [2.45, 2.75) is 0 Å². The van der Waals surface area contributed by atoms with Gasteiger partial charge in [0.15, 0.2) is 0 Å². The molecule has 26 heavy (non-hydrogen) atoms. The van der Waals surface area contributed by atoms with Crippen molar-refractivity contribution in [2.24, 2.45) is 0 Å². The minimum absolute atomic E-state index is 0.350. The predicted molar refractivity (Wildman–Crippen MR) is 105 cm³/mol. The molecule has 0 radical (unpaired) electrons. The first-order valence-electron chi connectivity index (χ1n) is 8.18. The molecule has 1 heterocycles. The zero-order valence-electron chi connectivity index (χ0n) is 14.1. The minimum atomic E-state index is -0.350. The maximum Gasteiger partial charge on any atom is 0.343 e. The van der Waals surface area contributed by atoms with E-state index < -0.39 is 0 Å².